The van der Waals surface area contributed by atoms with E-state index in [-0.39, 0.29) is 12.1 Å². The number of nitrogen functional groups attached to an aromatic ring is 1. The predicted octanol–water partition coefficient (Wildman–Crippen LogP) is 1.55. The molecule has 0 aliphatic rings. The quantitative estimate of drug-likeness (QED) is 0.868. The first-order chi connectivity index (χ1) is 9.40. The summed E-state index contributed by atoms with van der Waals surface area (Å²) in [7, 11) is 3.26. The van der Waals surface area contributed by atoms with Gasteiger partial charge in [-0.15, -0.1) is 0 Å². The summed E-state index contributed by atoms with van der Waals surface area (Å²) >= 11 is 0. The highest BCUT2D eigenvalue weighted by molar-refractivity contribution is 5.95. The number of aryl methyl sites for hydroxylation is 1. The molecule has 2 aromatic rings. The summed E-state index contributed by atoms with van der Waals surface area (Å²) in [5.74, 6) is -1.69. The van der Waals surface area contributed by atoms with E-state index in [1.807, 2.05) is 0 Å². The molecule has 1 amide bonds. The van der Waals surface area contributed by atoms with Crippen molar-refractivity contribution in [1.29, 1.82) is 0 Å². The number of amides is 1. The standard InChI is InChI=1S/C13H14F2N4O/c1-18-4-3-17-11(18)7-19(2)13(20)9-5-8(14)6-10(16)12(9)15/h3-6H,7,16H2,1-2H3. The van der Waals surface area contributed by atoms with E-state index < -0.39 is 23.2 Å². The average molecular weight is 280 g/mol. The van der Waals surface area contributed by atoms with E-state index in [1.165, 1.54) is 11.9 Å². The fourth-order valence-electron chi connectivity index (χ4n) is 1.80. The van der Waals surface area contributed by atoms with Crippen LogP contribution in [0.25, 0.3) is 0 Å². The van der Waals surface area contributed by atoms with Crippen LogP contribution in [0.15, 0.2) is 24.5 Å². The molecule has 1 aromatic heterocycles. The highest BCUT2D eigenvalue weighted by Gasteiger charge is 2.20. The fraction of sp³-hybridized carbons (Fsp3) is 0.231. The molecule has 0 aliphatic heterocycles. The van der Waals surface area contributed by atoms with Crippen LogP contribution in [-0.2, 0) is 13.6 Å². The van der Waals surface area contributed by atoms with Gasteiger partial charge in [-0.25, -0.2) is 13.8 Å². The Labute approximate surface area is 114 Å². The van der Waals surface area contributed by atoms with E-state index in [4.69, 9.17) is 5.73 Å². The Hall–Kier alpha value is -2.44. The number of hydrogen-bond donors (Lipinski definition) is 1. The van der Waals surface area contributed by atoms with E-state index in [9.17, 15) is 13.6 Å². The van der Waals surface area contributed by atoms with Crippen molar-refractivity contribution in [2.24, 2.45) is 7.05 Å². The van der Waals surface area contributed by atoms with E-state index in [2.05, 4.69) is 4.98 Å². The summed E-state index contributed by atoms with van der Waals surface area (Å²) in [4.78, 5) is 17.4. The van der Waals surface area contributed by atoms with E-state index in [0.29, 0.717) is 5.82 Å². The second kappa shape index (κ2) is 5.28. The number of carbonyl (C=O) groups is 1. The molecule has 0 fully saturated rings. The van der Waals surface area contributed by atoms with Crippen LogP contribution in [-0.4, -0.2) is 27.4 Å². The van der Waals surface area contributed by atoms with Crippen molar-refractivity contribution in [3.63, 3.8) is 0 Å². The summed E-state index contributed by atoms with van der Waals surface area (Å²) in [5.41, 5.74) is 4.54. The molecule has 7 heteroatoms. The smallest absolute Gasteiger partial charge is 0.257 e. The van der Waals surface area contributed by atoms with Crippen LogP contribution in [0.3, 0.4) is 0 Å². The van der Waals surface area contributed by atoms with Crippen molar-refractivity contribution < 1.29 is 13.6 Å². The molecule has 20 heavy (non-hydrogen) atoms. The van der Waals surface area contributed by atoms with Crippen LogP contribution in [0.1, 0.15) is 16.2 Å². The third kappa shape index (κ3) is 2.61. The Bertz CT molecular complexity index is 654. The van der Waals surface area contributed by atoms with Crippen LogP contribution >= 0.6 is 0 Å². The van der Waals surface area contributed by atoms with Gasteiger partial charge in [0.25, 0.3) is 5.91 Å². The Morgan fingerprint density at radius 1 is 1.45 bits per heavy atom. The number of halogens is 2. The van der Waals surface area contributed by atoms with Crippen LogP contribution in [0.2, 0.25) is 0 Å². The van der Waals surface area contributed by atoms with E-state index in [1.54, 1.807) is 24.0 Å². The van der Waals surface area contributed by atoms with Gasteiger partial charge in [0.15, 0.2) is 5.82 Å². The lowest BCUT2D eigenvalue weighted by molar-refractivity contribution is 0.0775. The van der Waals surface area contributed by atoms with Crippen molar-refractivity contribution in [1.82, 2.24) is 14.5 Å². The van der Waals surface area contributed by atoms with Crippen LogP contribution in [0.4, 0.5) is 14.5 Å². The highest BCUT2D eigenvalue weighted by atomic mass is 19.1. The van der Waals surface area contributed by atoms with Crippen molar-refractivity contribution in [3.05, 3.63) is 47.5 Å². The van der Waals surface area contributed by atoms with Gasteiger partial charge >= 0.3 is 0 Å². The molecule has 1 aromatic carbocycles. The van der Waals surface area contributed by atoms with Crippen molar-refractivity contribution >= 4 is 11.6 Å². The molecule has 0 radical (unpaired) electrons. The fourth-order valence-corrected chi connectivity index (χ4v) is 1.80. The summed E-state index contributed by atoms with van der Waals surface area (Å²) in [6, 6.07) is 1.67. The Morgan fingerprint density at radius 2 is 2.15 bits per heavy atom. The van der Waals surface area contributed by atoms with Gasteiger partial charge in [0.2, 0.25) is 0 Å². The SMILES string of the molecule is CN(Cc1nccn1C)C(=O)c1cc(F)cc(N)c1F. The molecule has 0 atom stereocenters. The number of anilines is 1. The summed E-state index contributed by atoms with van der Waals surface area (Å²) in [5, 5.41) is 0. The maximum absolute atomic E-state index is 13.8. The van der Waals surface area contributed by atoms with Crippen LogP contribution in [0, 0.1) is 11.6 Å². The zero-order chi connectivity index (χ0) is 14.9. The lowest BCUT2D eigenvalue weighted by Crippen LogP contribution is -2.28. The molecule has 0 unspecified atom stereocenters. The molecule has 0 spiro atoms. The average Bonchev–Trinajstić information content (AvgIpc) is 2.78. The van der Waals surface area contributed by atoms with Gasteiger partial charge in [-0.1, -0.05) is 0 Å². The van der Waals surface area contributed by atoms with Crippen LogP contribution in [0.5, 0.6) is 0 Å². The Balaban J connectivity index is 2.25. The number of nitrogens with two attached hydrogens (primary N) is 1. The summed E-state index contributed by atoms with van der Waals surface area (Å²) in [6.45, 7) is 0.179. The Morgan fingerprint density at radius 3 is 2.75 bits per heavy atom. The largest absolute Gasteiger partial charge is 0.396 e. The van der Waals surface area contributed by atoms with E-state index >= 15 is 0 Å². The summed E-state index contributed by atoms with van der Waals surface area (Å²) in [6.07, 6.45) is 3.32. The number of benzene rings is 1. The molecule has 1 heterocycles. The minimum Gasteiger partial charge on any atom is -0.396 e. The van der Waals surface area contributed by atoms with Gasteiger partial charge in [-0.3, -0.25) is 4.79 Å². The maximum Gasteiger partial charge on any atom is 0.257 e. The minimum absolute atomic E-state index is 0.179. The van der Waals surface area contributed by atoms with Gasteiger partial charge in [0.1, 0.15) is 11.6 Å². The van der Waals surface area contributed by atoms with Crippen molar-refractivity contribution in [2.45, 2.75) is 6.54 Å². The molecular weight excluding hydrogens is 266 g/mol. The zero-order valence-corrected chi connectivity index (χ0v) is 11.1. The van der Waals surface area contributed by atoms with Crippen molar-refractivity contribution in [3.8, 4) is 0 Å². The minimum atomic E-state index is -0.914. The second-order valence-corrected chi connectivity index (χ2v) is 4.47. The molecule has 0 bridgehead atoms. The number of imidazole rings is 1. The zero-order valence-electron chi connectivity index (χ0n) is 11.1. The molecule has 2 rings (SSSR count). The number of aromatic nitrogens is 2. The topological polar surface area (TPSA) is 64.2 Å². The highest BCUT2D eigenvalue weighted by Crippen LogP contribution is 2.19. The normalized spacial score (nSPS) is 10.6. The molecule has 0 saturated heterocycles. The monoisotopic (exact) mass is 280 g/mol. The lowest BCUT2D eigenvalue weighted by Gasteiger charge is -2.17. The van der Waals surface area contributed by atoms with Crippen molar-refractivity contribution in [2.75, 3.05) is 12.8 Å². The first-order valence-corrected chi connectivity index (χ1v) is 5.86. The van der Waals surface area contributed by atoms with Gasteiger partial charge in [-0.05, 0) is 12.1 Å². The molecular formula is C13H14F2N4O. The molecule has 0 aliphatic carbocycles. The third-order valence-electron chi connectivity index (χ3n) is 2.94. The second-order valence-electron chi connectivity index (χ2n) is 4.47. The van der Waals surface area contributed by atoms with E-state index in [0.717, 1.165) is 12.1 Å². The van der Waals surface area contributed by atoms with Gasteiger partial charge in [0, 0.05) is 26.5 Å². The maximum atomic E-state index is 13.8. The molecule has 2 N–H and O–H groups in total. The van der Waals surface area contributed by atoms with Crippen LogP contribution < -0.4 is 5.73 Å². The number of rotatable bonds is 3. The van der Waals surface area contributed by atoms with Gasteiger partial charge < -0.3 is 15.2 Å². The number of hydrogen-bond acceptors (Lipinski definition) is 3. The first kappa shape index (κ1) is 14.0. The third-order valence-corrected chi connectivity index (χ3v) is 2.94. The number of carbonyl (C=O) groups excluding carboxylic acids is 1. The molecule has 5 nitrogen and oxygen atoms in total. The first-order valence-electron chi connectivity index (χ1n) is 5.86. The molecule has 106 valence electrons. The number of nitrogens with zero attached hydrogens (tertiary/aromatic N) is 3. The lowest BCUT2D eigenvalue weighted by atomic mass is 10.1. The predicted molar refractivity (Wildman–Crippen MR) is 69.8 cm³/mol. The van der Waals surface area contributed by atoms with Gasteiger partial charge in [0.05, 0.1) is 17.8 Å². The molecule has 0 saturated carbocycles. The summed E-state index contributed by atoms with van der Waals surface area (Å²) < 4.78 is 28.8. The van der Waals surface area contributed by atoms with Gasteiger partial charge in [-0.2, -0.15) is 0 Å². The Kier molecular flexibility index (Phi) is 3.69.